The van der Waals surface area contributed by atoms with Gasteiger partial charge in [-0.05, 0) is 26.3 Å². The minimum Gasteiger partial charge on any atom is -0.444 e. The normalized spacial score (nSPS) is 15.2. The molecule has 1 amide bonds. The zero-order valence-electron chi connectivity index (χ0n) is 12.0. The molecule has 1 unspecified atom stereocenters. The van der Waals surface area contributed by atoms with Gasteiger partial charge < -0.3 is 15.2 Å². The Balaban J connectivity index is 3.18. The Labute approximate surface area is 120 Å². The van der Waals surface area contributed by atoms with Crippen LogP contribution in [0, 0.1) is 0 Å². The van der Waals surface area contributed by atoms with Gasteiger partial charge in [0.1, 0.15) is 5.60 Å². The van der Waals surface area contributed by atoms with E-state index in [0.717, 1.165) is 0 Å². The highest BCUT2D eigenvalue weighted by Gasteiger charge is 2.57. The summed E-state index contributed by atoms with van der Waals surface area (Å²) in [6.45, 7) is 3.26. The number of carbonyl (C=O) groups is 1. The lowest BCUT2D eigenvalue weighted by atomic mass is 9.90. The molecular weight excluding hydrogens is 287 g/mol. The van der Waals surface area contributed by atoms with Crippen LogP contribution in [-0.4, -0.2) is 29.6 Å². The molecule has 7 heteroatoms. The van der Waals surface area contributed by atoms with Gasteiger partial charge in [0.05, 0.1) is 6.61 Å². The molecule has 0 aliphatic carbocycles. The Hall–Kier alpha value is -1.76. The number of rotatable bonds is 3. The Morgan fingerprint density at radius 1 is 1.19 bits per heavy atom. The second-order valence-electron chi connectivity index (χ2n) is 5.55. The summed E-state index contributed by atoms with van der Waals surface area (Å²) in [6, 6.07) is 6.68. The van der Waals surface area contributed by atoms with Crippen LogP contribution in [0.4, 0.5) is 18.0 Å². The minimum absolute atomic E-state index is 0.272. The SMILES string of the molecule is CC(C)(C)OC(=O)NC(CO)(c1ccccc1)C(F)(F)F. The van der Waals surface area contributed by atoms with Crippen LogP contribution >= 0.6 is 0 Å². The summed E-state index contributed by atoms with van der Waals surface area (Å²) in [7, 11) is 0. The first-order valence-electron chi connectivity index (χ1n) is 6.26. The second-order valence-corrected chi connectivity index (χ2v) is 5.55. The van der Waals surface area contributed by atoms with Gasteiger partial charge >= 0.3 is 12.3 Å². The van der Waals surface area contributed by atoms with Crippen molar-refractivity contribution < 1.29 is 27.8 Å². The molecule has 0 spiro atoms. The Bertz CT molecular complexity index is 482. The lowest BCUT2D eigenvalue weighted by molar-refractivity contribution is -0.209. The Morgan fingerprint density at radius 2 is 1.71 bits per heavy atom. The van der Waals surface area contributed by atoms with E-state index in [0.29, 0.717) is 0 Å². The van der Waals surface area contributed by atoms with Gasteiger partial charge in [-0.3, -0.25) is 0 Å². The number of amides is 1. The largest absolute Gasteiger partial charge is 0.444 e. The zero-order valence-corrected chi connectivity index (χ0v) is 12.0. The lowest BCUT2D eigenvalue weighted by Crippen LogP contribution is -2.59. The zero-order chi connectivity index (χ0) is 16.3. The molecule has 0 bridgehead atoms. The number of aliphatic hydroxyl groups is 1. The van der Waals surface area contributed by atoms with E-state index in [4.69, 9.17) is 4.74 Å². The molecule has 21 heavy (non-hydrogen) atoms. The predicted octanol–water partition coefficient (Wildman–Crippen LogP) is 2.96. The fourth-order valence-corrected chi connectivity index (χ4v) is 1.73. The summed E-state index contributed by atoms with van der Waals surface area (Å²) >= 11 is 0. The number of aliphatic hydroxyl groups excluding tert-OH is 1. The fourth-order valence-electron chi connectivity index (χ4n) is 1.73. The molecule has 0 radical (unpaired) electrons. The van der Waals surface area contributed by atoms with Gasteiger partial charge in [-0.15, -0.1) is 0 Å². The molecule has 0 saturated carbocycles. The first-order valence-corrected chi connectivity index (χ1v) is 6.26. The molecule has 0 aromatic heterocycles. The van der Waals surface area contributed by atoms with E-state index in [1.165, 1.54) is 51.1 Å². The maximum atomic E-state index is 13.4. The average molecular weight is 305 g/mol. The van der Waals surface area contributed by atoms with E-state index < -0.39 is 30.0 Å². The molecule has 4 nitrogen and oxygen atoms in total. The van der Waals surface area contributed by atoms with Gasteiger partial charge in [0, 0.05) is 0 Å². The van der Waals surface area contributed by atoms with Crippen molar-refractivity contribution in [3.05, 3.63) is 35.9 Å². The van der Waals surface area contributed by atoms with Crippen LogP contribution < -0.4 is 5.32 Å². The first kappa shape index (κ1) is 17.3. The minimum atomic E-state index is -4.89. The molecule has 0 heterocycles. The van der Waals surface area contributed by atoms with Gasteiger partial charge in [-0.2, -0.15) is 13.2 Å². The number of nitrogens with one attached hydrogen (secondary N) is 1. The van der Waals surface area contributed by atoms with Crippen molar-refractivity contribution in [2.45, 2.75) is 38.1 Å². The number of alkyl carbamates (subject to hydrolysis) is 1. The molecule has 0 fully saturated rings. The van der Waals surface area contributed by atoms with E-state index in [9.17, 15) is 23.1 Å². The van der Waals surface area contributed by atoms with Crippen LogP contribution in [0.2, 0.25) is 0 Å². The summed E-state index contributed by atoms with van der Waals surface area (Å²) in [6.07, 6.45) is -6.14. The summed E-state index contributed by atoms with van der Waals surface area (Å²) in [4.78, 5) is 11.7. The quantitative estimate of drug-likeness (QED) is 0.902. The van der Waals surface area contributed by atoms with Crippen LogP contribution in [-0.2, 0) is 10.3 Å². The van der Waals surface area contributed by atoms with Crippen molar-refractivity contribution in [3.63, 3.8) is 0 Å². The monoisotopic (exact) mass is 305 g/mol. The van der Waals surface area contributed by atoms with Gasteiger partial charge in [0.15, 0.2) is 5.54 Å². The third kappa shape index (κ3) is 4.10. The first-order chi connectivity index (χ1) is 9.52. The highest BCUT2D eigenvalue weighted by molar-refractivity contribution is 5.69. The van der Waals surface area contributed by atoms with Crippen molar-refractivity contribution in [2.24, 2.45) is 0 Å². The topological polar surface area (TPSA) is 58.6 Å². The fraction of sp³-hybridized carbons (Fsp3) is 0.500. The molecule has 2 N–H and O–H groups in total. The second kappa shape index (κ2) is 5.93. The molecule has 0 aliphatic heterocycles. The number of halogens is 3. The molecule has 118 valence electrons. The molecule has 1 aromatic carbocycles. The number of hydrogen-bond acceptors (Lipinski definition) is 3. The summed E-state index contributed by atoms with van der Waals surface area (Å²) in [5.74, 6) is 0. The van der Waals surface area contributed by atoms with E-state index >= 15 is 0 Å². The molecule has 1 atom stereocenters. The van der Waals surface area contributed by atoms with Crippen molar-refractivity contribution in [3.8, 4) is 0 Å². The molecule has 1 rings (SSSR count). The third-order valence-corrected chi connectivity index (χ3v) is 2.70. The van der Waals surface area contributed by atoms with Crippen molar-refractivity contribution in [1.29, 1.82) is 0 Å². The van der Waals surface area contributed by atoms with Crippen LogP contribution in [0.3, 0.4) is 0 Å². The number of carbonyl (C=O) groups excluding carboxylic acids is 1. The van der Waals surface area contributed by atoms with Gasteiger partial charge in [-0.1, -0.05) is 30.3 Å². The maximum Gasteiger partial charge on any atom is 0.418 e. The predicted molar refractivity (Wildman–Crippen MR) is 70.6 cm³/mol. The Kier molecular flexibility index (Phi) is 4.88. The lowest BCUT2D eigenvalue weighted by Gasteiger charge is -2.35. The van der Waals surface area contributed by atoms with Crippen molar-refractivity contribution in [2.75, 3.05) is 6.61 Å². The van der Waals surface area contributed by atoms with E-state index in [2.05, 4.69) is 0 Å². The van der Waals surface area contributed by atoms with Crippen molar-refractivity contribution >= 4 is 6.09 Å². The third-order valence-electron chi connectivity index (χ3n) is 2.70. The average Bonchev–Trinajstić information content (AvgIpc) is 2.33. The number of ether oxygens (including phenoxy) is 1. The summed E-state index contributed by atoms with van der Waals surface area (Å²) < 4.78 is 45.1. The smallest absolute Gasteiger partial charge is 0.418 e. The van der Waals surface area contributed by atoms with E-state index in [1.807, 2.05) is 0 Å². The van der Waals surface area contributed by atoms with Crippen LogP contribution in [0.15, 0.2) is 30.3 Å². The highest BCUT2D eigenvalue weighted by atomic mass is 19.4. The van der Waals surface area contributed by atoms with Crippen LogP contribution in [0.25, 0.3) is 0 Å². The van der Waals surface area contributed by atoms with E-state index in [-0.39, 0.29) is 5.56 Å². The van der Waals surface area contributed by atoms with Gasteiger partial charge in [-0.25, -0.2) is 4.79 Å². The Morgan fingerprint density at radius 3 is 2.10 bits per heavy atom. The van der Waals surface area contributed by atoms with Crippen molar-refractivity contribution in [1.82, 2.24) is 5.32 Å². The number of alkyl halides is 3. The maximum absolute atomic E-state index is 13.4. The highest BCUT2D eigenvalue weighted by Crippen LogP contribution is 2.38. The standard InChI is InChI=1S/C14H18F3NO3/c1-12(2,3)21-11(20)18-13(9-19,14(15,16)17)10-7-5-4-6-8-10/h4-8,19H,9H2,1-3H3,(H,18,20). The van der Waals surface area contributed by atoms with Crippen LogP contribution in [0.1, 0.15) is 26.3 Å². The van der Waals surface area contributed by atoms with E-state index in [1.54, 1.807) is 5.32 Å². The number of benzene rings is 1. The molecule has 0 aliphatic rings. The molecule has 1 aromatic rings. The summed E-state index contributed by atoms with van der Waals surface area (Å²) in [5, 5.41) is 11.1. The van der Waals surface area contributed by atoms with Gasteiger partial charge in [0.2, 0.25) is 0 Å². The summed E-state index contributed by atoms with van der Waals surface area (Å²) in [5.41, 5.74) is -4.13. The van der Waals surface area contributed by atoms with Crippen LogP contribution in [0.5, 0.6) is 0 Å². The van der Waals surface area contributed by atoms with Gasteiger partial charge in [0.25, 0.3) is 0 Å². The molecular formula is C14H18F3NO3. The number of hydrogen-bond donors (Lipinski definition) is 2. The molecule has 0 saturated heterocycles.